The van der Waals surface area contributed by atoms with E-state index in [1.165, 1.54) is 0 Å². The predicted molar refractivity (Wildman–Crippen MR) is 139 cm³/mol. The van der Waals surface area contributed by atoms with Crippen molar-refractivity contribution >= 4 is 17.1 Å². The number of fused-ring (bicyclic) bond motifs is 1. The molecule has 5 heterocycles. The molecule has 3 aliphatic heterocycles. The van der Waals surface area contributed by atoms with Gasteiger partial charge in [0.05, 0.1) is 50.1 Å². The lowest BCUT2D eigenvalue weighted by Gasteiger charge is -2.43. The van der Waals surface area contributed by atoms with E-state index in [9.17, 15) is 4.79 Å². The van der Waals surface area contributed by atoms with Gasteiger partial charge in [0.1, 0.15) is 17.4 Å². The number of aromatic nitrogens is 3. The molecular weight excluding hydrogens is 472 g/mol. The molecule has 6 rings (SSSR count). The largest absolute Gasteiger partial charge is 0.495 e. The zero-order chi connectivity index (χ0) is 25.5. The highest BCUT2D eigenvalue weighted by atomic mass is 16.5. The lowest BCUT2D eigenvalue weighted by molar-refractivity contribution is -0.119. The van der Waals surface area contributed by atoms with Gasteiger partial charge in [-0.05, 0) is 26.0 Å². The molecule has 3 aliphatic rings. The average molecular weight is 507 g/mol. The summed E-state index contributed by atoms with van der Waals surface area (Å²) in [4.78, 5) is 21.5. The van der Waals surface area contributed by atoms with E-state index in [-0.39, 0.29) is 17.9 Å². The van der Waals surface area contributed by atoms with E-state index in [4.69, 9.17) is 19.2 Å². The van der Waals surface area contributed by atoms with Crippen LogP contribution in [0.5, 0.6) is 11.6 Å². The summed E-state index contributed by atoms with van der Waals surface area (Å²) >= 11 is 0. The second-order valence-corrected chi connectivity index (χ2v) is 10.2. The van der Waals surface area contributed by atoms with Gasteiger partial charge in [-0.1, -0.05) is 6.07 Å². The standard InChI is InChI=1S/C27H34N6O4/c1-17-12-29-33-14-22(30-27(26(17)33)37-18(2)20-11-25(34)28-13-20)19-4-5-23(24(10-19)35-3)32-8-6-31(7-9-32)21-15-36-16-21/h4-5,10,12,14,18,20-21H,6-9,11,13,15-16H2,1-3H3,(H,28,34)/t18?,20-/m1/s1. The molecule has 1 amide bonds. The van der Waals surface area contributed by atoms with Crippen LogP contribution in [0.25, 0.3) is 16.8 Å². The van der Waals surface area contributed by atoms with Crippen LogP contribution in [0.4, 0.5) is 5.69 Å². The average Bonchev–Trinajstić information content (AvgIpc) is 3.49. The Morgan fingerprint density at radius 2 is 2.00 bits per heavy atom. The number of anilines is 1. The number of hydrogen-bond acceptors (Lipinski definition) is 8. The van der Waals surface area contributed by atoms with Crippen molar-refractivity contribution in [2.45, 2.75) is 32.4 Å². The number of piperazine rings is 1. The minimum atomic E-state index is -0.165. The van der Waals surface area contributed by atoms with Gasteiger partial charge in [-0.3, -0.25) is 9.69 Å². The van der Waals surface area contributed by atoms with Crippen LogP contribution in [0.2, 0.25) is 0 Å². The third-order valence-electron chi connectivity index (χ3n) is 7.89. The molecule has 1 N–H and O–H groups in total. The highest BCUT2D eigenvalue weighted by Gasteiger charge is 2.31. The summed E-state index contributed by atoms with van der Waals surface area (Å²) in [6.07, 6.45) is 4.05. The van der Waals surface area contributed by atoms with E-state index >= 15 is 0 Å². The molecule has 3 fully saturated rings. The van der Waals surface area contributed by atoms with Crippen molar-refractivity contribution in [1.82, 2.24) is 24.8 Å². The number of aryl methyl sites for hydroxylation is 1. The summed E-state index contributed by atoms with van der Waals surface area (Å²) in [6, 6.07) is 6.82. The smallest absolute Gasteiger partial charge is 0.241 e. The predicted octanol–water partition coefficient (Wildman–Crippen LogP) is 2.14. The summed E-state index contributed by atoms with van der Waals surface area (Å²) < 4.78 is 19.4. The summed E-state index contributed by atoms with van der Waals surface area (Å²) in [5.41, 5.74) is 4.60. The van der Waals surface area contributed by atoms with Crippen molar-refractivity contribution in [3.8, 4) is 22.9 Å². The van der Waals surface area contributed by atoms with Crippen molar-refractivity contribution < 1.29 is 19.0 Å². The maximum atomic E-state index is 11.7. The molecule has 0 spiro atoms. The van der Waals surface area contributed by atoms with Crippen LogP contribution < -0.4 is 19.7 Å². The van der Waals surface area contributed by atoms with E-state index in [1.54, 1.807) is 7.11 Å². The number of benzene rings is 1. The van der Waals surface area contributed by atoms with Crippen LogP contribution in [0, 0.1) is 12.8 Å². The first-order valence-electron chi connectivity index (χ1n) is 13.0. The molecule has 0 aliphatic carbocycles. The van der Waals surface area contributed by atoms with Crippen molar-refractivity contribution in [3.63, 3.8) is 0 Å². The second kappa shape index (κ2) is 9.83. The number of hydrogen-bond donors (Lipinski definition) is 1. The fourth-order valence-electron chi connectivity index (χ4n) is 5.43. The Labute approximate surface area is 216 Å². The van der Waals surface area contributed by atoms with Crippen LogP contribution in [-0.4, -0.2) is 90.6 Å². The molecule has 0 bridgehead atoms. The first-order chi connectivity index (χ1) is 18.0. The first kappa shape index (κ1) is 24.0. The molecule has 3 saturated heterocycles. The number of amides is 1. The molecule has 0 saturated carbocycles. The van der Waals surface area contributed by atoms with Crippen LogP contribution in [0.15, 0.2) is 30.6 Å². The van der Waals surface area contributed by atoms with Crippen LogP contribution in [-0.2, 0) is 9.53 Å². The van der Waals surface area contributed by atoms with Gasteiger partial charge in [-0.2, -0.15) is 5.10 Å². The van der Waals surface area contributed by atoms with Gasteiger partial charge in [0.15, 0.2) is 0 Å². The minimum Gasteiger partial charge on any atom is -0.495 e. The van der Waals surface area contributed by atoms with Crippen molar-refractivity contribution in [1.29, 1.82) is 0 Å². The Bertz CT molecular complexity index is 1300. The molecule has 1 unspecified atom stereocenters. The Morgan fingerprint density at radius 1 is 1.19 bits per heavy atom. The van der Waals surface area contributed by atoms with Crippen LogP contribution in [0.3, 0.4) is 0 Å². The van der Waals surface area contributed by atoms with Gasteiger partial charge >= 0.3 is 0 Å². The van der Waals surface area contributed by atoms with Gasteiger partial charge in [0.25, 0.3) is 0 Å². The van der Waals surface area contributed by atoms with Gasteiger partial charge < -0.3 is 24.4 Å². The maximum Gasteiger partial charge on any atom is 0.241 e. The van der Waals surface area contributed by atoms with E-state index in [1.807, 2.05) is 36.8 Å². The number of nitrogens with zero attached hydrogens (tertiary/aromatic N) is 5. The lowest BCUT2D eigenvalue weighted by Crippen LogP contribution is -2.56. The Balaban J connectivity index is 1.27. The van der Waals surface area contributed by atoms with Gasteiger partial charge in [0, 0.05) is 56.2 Å². The van der Waals surface area contributed by atoms with E-state index < -0.39 is 0 Å². The molecule has 3 aromatic rings. The Morgan fingerprint density at radius 3 is 2.68 bits per heavy atom. The fraction of sp³-hybridized carbons (Fsp3) is 0.519. The van der Waals surface area contributed by atoms with Gasteiger partial charge in [0.2, 0.25) is 11.8 Å². The highest BCUT2D eigenvalue weighted by molar-refractivity contribution is 5.78. The number of ether oxygens (including phenoxy) is 3. The fourth-order valence-corrected chi connectivity index (χ4v) is 5.43. The molecule has 2 aromatic heterocycles. The number of carbonyl (C=O) groups is 1. The van der Waals surface area contributed by atoms with Gasteiger partial charge in [-0.25, -0.2) is 9.50 Å². The highest BCUT2D eigenvalue weighted by Crippen LogP contribution is 2.35. The molecule has 196 valence electrons. The summed E-state index contributed by atoms with van der Waals surface area (Å²) in [5, 5.41) is 7.42. The van der Waals surface area contributed by atoms with E-state index in [2.05, 4.69) is 32.3 Å². The zero-order valence-corrected chi connectivity index (χ0v) is 21.6. The van der Waals surface area contributed by atoms with E-state index in [0.717, 1.165) is 73.2 Å². The number of carbonyl (C=O) groups excluding carboxylic acids is 1. The first-order valence-corrected chi connectivity index (χ1v) is 13.0. The quantitative estimate of drug-likeness (QED) is 0.521. The molecule has 37 heavy (non-hydrogen) atoms. The Hall–Kier alpha value is -3.37. The maximum absolute atomic E-state index is 11.7. The minimum absolute atomic E-state index is 0.0680. The normalized spacial score (nSPS) is 21.6. The zero-order valence-electron chi connectivity index (χ0n) is 21.6. The van der Waals surface area contributed by atoms with E-state index in [0.29, 0.717) is 24.9 Å². The molecule has 1 aromatic carbocycles. The molecule has 2 atom stereocenters. The summed E-state index contributed by atoms with van der Waals surface area (Å²) in [5.74, 6) is 1.53. The molecule has 10 heteroatoms. The second-order valence-electron chi connectivity index (χ2n) is 10.2. The number of methoxy groups -OCH3 is 1. The van der Waals surface area contributed by atoms with Gasteiger partial charge in [-0.15, -0.1) is 0 Å². The topological polar surface area (TPSA) is 93.5 Å². The molecule has 0 radical (unpaired) electrons. The number of rotatable bonds is 7. The SMILES string of the molecule is COc1cc(-c2cn3ncc(C)c3c(OC(C)[C@H]3CNC(=O)C3)n2)ccc1N1CCN(C2COC2)CC1. The number of nitrogens with one attached hydrogen (secondary N) is 1. The summed E-state index contributed by atoms with van der Waals surface area (Å²) in [7, 11) is 1.71. The third-order valence-corrected chi connectivity index (χ3v) is 7.89. The molecular formula is C27H34N6O4. The monoisotopic (exact) mass is 506 g/mol. The van der Waals surface area contributed by atoms with Crippen LogP contribution in [0.1, 0.15) is 18.9 Å². The lowest BCUT2D eigenvalue weighted by atomic mass is 10.0. The third kappa shape index (κ3) is 4.59. The summed E-state index contributed by atoms with van der Waals surface area (Å²) in [6.45, 7) is 10.3. The van der Waals surface area contributed by atoms with Crippen LogP contribution >= 0.6 is 0 Å². The van der Waals surface area contributed by atoms with Crippen molar-refractivity contribution in [2.24, 2.45) is 5.92 Å². The van der Waals surface area contributed by atoms with Crippen molar-refractivity contribution in [2.75, 3.05) is 57.9 Å². The van der Waals surface area contributed by atoms with Crippen molar-refractivity contribution in [3.05, 3.63) is 36.2 Å². The molecule has 10 nitrogen and oxygen atoms in total. The Kier molecular flexibility index (Phi) is 6.37.